The molecule has 126 valence electrons. The highest BCUT2D eigenvalue weighted by atomic mass is 32.2. The highest BCUT2D eigenvalue weighted by Gasteiger charge is 2.35. The van der Waals surface area contributed by atoms with Crippen molar-refractivity contribution in [3.8, 4) is 0 Å². The van der Waals surface area contributed by atoms with E-state index in [-0.39, 0.29) is 22.3 Å². The van der Waals surface area contributed by atoms with Crippen LogP contribution in [0.3, 0.4) is 0 Å². The van der Waals surface area contributed by atoms with Crippen LogP contribution in [0.15, 0.2) is 30.3 Å². The minimum absolute atomic E-state index is 0.140. The fourth-order valence-electron chi connectivity index (χ4n) is 3.14. The second-order valence-corrected chi connectivity index (χ2v) is 7.54. The van der Waals surface area contributed by atoms with Crippen molar-refractivity contribution in [3.63, 3.8) is 0 Å². The second kappa shape index (κ2) is 6.55. The van der Waals surface area contributed by atoms with Gasteiger partial charge in [-0.15, -0.1) is 11.8 Å². The highest BCUT2D eigenvalue weighted by molar-refractivity contribution is 8.01. The van der Waals surface area contributed by atoms with Crippen LogP contribution in [0.25, 0.3) is 0 Å². The van der Waals surface area contributed by atoms with E-state index in [2.05, 4.69) is 0 Å². The SMILES string of the molecule is Cc1ccc(F)cc1N1CC(C=O)SC1c1cc(C)c(F)c(C)c1. The normalized spacial score (nSPS) is 20.5. The third kappa shape index (κ3) is 3.05. The molecule has 5 heteroatoms. The summed E-state index contributed by atoms with van der Waals surface area (Å²) in [6.45, 7) is 5.91. The van der Waals surface area contributed by atoms with Gasteiger partial charge in [-0.2, -0.15) is 0 Å². The van der Waals surface area contributed by atoms with Gasteiger partial charge in [-0.3, -0.25) is 0 Å². The summed E-state index contributed by atoms with van der Waals surface area (Å²) in [5.41, 5.74) is 3.82. The predicted molar refractivity (Wildman–Crippen MR) is 94.5 cm³/mol. The van der Waals surface area contributed by atoms with Gasteiger partial charge in [0.1, 0.15) is 23.3 Å². The van der Waals surface area contributed by atoms with Crippen molar-refractivity contribution in [1.82, 2.24) is 0 Å². The average molecular weight is 347 g/mol. The number of hydrogen-bond donors (Lipinski definition) is 0. The van der Waals surface area contributed by atoms with Crippen LogP contribution in [-0.2, 0) is 4.79 Å². The van der Waals surface area contributed by atoms with Gasteiger partial charge >= 0.3 is 0 Å². The molecule has 0 saturated carbocycles. The van der Waals surface area contributed by atoms with Crippen molar-refractivity contribution >= 4 is 23.7 Å². The Kier molecular flexibility index (Phi) is 4.63. The number of halogens is 2. The van der Waals surface area contributed by atoms with Crippen molar-refractivity contribution in [2.24, 2.45) is 0 Å². The molecule has 0 radical (unpaired) electrons. The molecule has 3 rings (SSSR count). The second-order valence-electron chi connectivity index (χ2n) is 6.21. The largest absolute Gasteiger partial charge is 0.354 e. The van der Waals surface area contributed by atoms with E-state index in [9.17, 15) is 13.6 Å². The van der Waals surface area contributed by atoms with Gasteiger partial charge in [-0.05, 0) is 55.2 Å². The highest BCUT2D eigenvalue weighted by Crippen LogP contribution is 2.45. The van der Waals surface area contributed by atoms with Crippen LogP contribution in [0.5, 0.6) is 0 Å². The van der Waals surface area contributed by atoms with Crippen LogP contribution in [0.4, 0.5) is 14.5 Å². The van der Waals surface area contributed by atoms with Crippen LogP contribution in [0.1, 0.15) is 27.6 Å². The molecule has 2 nitrogen and oxygen atoms in total. The topological polar surface area (TPSA) is 20.3 Å². The molecule has 0 aliphatic carbocycles. The number of carbonyl (C=O) groups is 1. The summed E-state index contributed by atoms with van der Waals surface area (Å²) in [7, 11) is 0. The first-order valence-corrected chi connectivity index (χ1v) is 8.75. The van der Waals surface area contributed by atoms with Crippen molar-refractivity contribution in [2.75, 3.05) is 11.4 Å². The van der Waals surface area contributed by atoms with E-state index in [0.717, 1.165) is 23.1 Å². The summed E-state index contributed by atoms with van der Waals surface area (Å²) in [5, 5.41) is -0.331. The number of thioether (sulfide) groups is 1. The first-order chi connectivity index (χ1) is 11.4. The maximum absolute atomic E-state index is 14.0. The maximum Gasteiger partial charge on any atom is 0.134 e. The first-order valence-electron chi connectivity index (χ1n) is 7.81. The molecule has 2 unspecified atom stereocenters. The summed E-state index contributed by atoms with van der Waals surface area (Å²) < 4.78 is 27.7. The van der Waals surface area contributed by atoms with Gasteiger partial charge in [0.25, 0.3) is 0 Å². The fraction of sp³-hybridized carbons (Fsp3) is 0.316. The number of aldehydes is 1. The smallest absolute Gasteiger partial charge is 0.134 e. The standard InChI is InChI=1S/C19H19F2NOS/c1-11-4-5-15(20)8-17(11)22-9-16(10-23)24-19(22)14-6-12(2)18(21)13(3)7-14/h4-8,10,16,19H,9H2,1-3H3. The lowest BCUT2D eigenvalue weighted by atomic mass is 10.0. The van der Waals surface area contributed by atoms with E-state index in [0.29, 0.717) is 17.7 Å². The maximum atomic E-state index is 14.0. The van der Waals surface area contributed by atoms with Gasteiger partial charge in [-0.1, -0.05) is 18.2 Å². The Hall–Kier alpha value is -1.88. The Balaban J connectivity index is 2.07. The van der Waals surface area contributed by atoms with Crippen LogP contribution < -0.4 is 4.90 Å². The molecule has 0 aromatic heterocycles. The Labute approximate surface area is 144 Å². The monoisotopic (exact) mass is 347 g/mol. The predicted octanol–water partition coefficient (Wildman–Crippen LogP) is 4.71. The summed E-state index contributed by atoms with van der Waals surface area (Å²) in [6.07, 6.45) is 0.926. The van der Waals surface area contributed by atoms with Gasteiger partial charge in [-0.25, -0.2) is 8.78 Å². The van der Waals surface area contributed by atoms with E-state index >= 15 is 0 Å². The van der Waals surface area contributed by atoms with E-state index < -0.39 is 0 Å². The molecule has 0 N–H and O–H groups in total. The zero-order valence-corrected chi connectivity index (χ0v) is 14.7. The molecule has 0 spiro atoms. The van der Waals surface area contributed by atoms with Crippen molar-refractivity contribution in [2.45, 2.75) is 31.4 Å². The van der Waals surface area contributed by atoms with Crippen molar-refractivity contribution in [3.05, 3.63) is 64.2 Å². The van der Waals surface area contributed by atoms with Gasteiger partial charge in [0.05, 0.1) is 5.25 Å². The van der Waals surface area contributed by atoms with Gasteiger partial charge in [0.15, 0.2) is 0 Å². The molecule has 1 saturated heterocycles. The summed E-state index contributed by atoms with van der Waals surface area (Å²) in [4.78, 5) is 13.4. The van der Waals surface area contributed by atoms with Gasteiger partial charge in [0, 0.05) is 12.2 Å². The molecular formula is C19H19F2NOS. The van der Waals surface area contributed by atoms with Crippen LogP contribution in [0.2, 0.25) is 0 Å². The van der Waals surface area contributed by atoms with Crippen molar-refractivity contribution < 1.29 is 13.6 Å². The number of carbonyl (C=O) groups excluding carboxylic acids is 1. The third-order valence-corrected chi connectivity index (χ3v) is 5.73. The zero-order chi connectivity index (χ0) is 17.4. The molecule has 1 aliphatic heterocycles. The van der Waals surface area contributed by atoms with Crippen LogP contribution >= 0.6 is 11.8 Å². The van der Waals surface area contributed by atoms with E-state index in [1.54, 1.807) is 19.9 Å². The molecule has 1 heterocycles. The lowest BCUT2D eigenvalue weighted by Crippen LogP contribution is -2.25. The minimum atomic E-state index is -0.305. The minimum Gasteiger partial charge on any atom is -0.354 e. The molecule has 1 fully saturated rings. The van der Waals surface area contributed by atoms with Crippen LogP contribution in [0, 0.1) is 32.4 Å². The average Bonchev–Trinajstić information content (AvgIpc) is 2.98. The summed E-state index contributed by atoms with van der Waals surface area (Å²) in [5.74, 6) is -0.512. The number of hydrogen-bond acceptors (Lipinski definition) is 3. The zero-order valence-electron chi connectivity index (χ0n) is 13.8. The summed E-state index contributed by atoms with van der Waals surface area (Å²) in [6, 6.07) is 8.30. The van der Waals surface area contributed by atoms with Crippen LogP contribution in [-0.4, -0.2) is 18.1 Å². The molecule has 2 atom stereocenters. The fourth-order valence-corrected chi connectivity index (χ4v) is 4.43. The molecule has 24 heavy (non-hydrogen) atoms. The Morgan fingerprint density at radius 1 is 1.08 bits per heavy atom. The molecular weight excluding hydrogens is 328 g/mol. The van der Waals surface area contributed by atoms with E-state index in [1.807, 2.05) is 24.0 Å². The summed E-state index contributed by atoms with van der Waals surface area (Å²) >= 11 is 1.52. The number of rotatable bonds is 3. The molecule has 2 aromatic carbocycles. The quantitative estimate of drug-likeness (QED) is 0.750. The molecule has 0 amide bonds. The number of nitrogens with zero attached hydrogens (tertiary/aromatic N) is 1. The van der Waals surface area contributed by atoms with Crippen molar-refractivity contribution in [1.29, 1.82) is 0 Å². The molecule has 1 aliphatic rings. The lowest BCUT2D eigenvalue weighted by Gasteiger charge is -2.28. The number of anilines is 1. The van der Waals surface area contributed by atoms with E-state index in [1.165, 1.54) is 23.9 Å². The third-order valence-electron chi connectivity index (χ3n) is 4.34. The van der Waals surface area contributed by atoms with Gasteiger partial charge in [0.2, 0.25) is 0 Å². The van der Waals surface area contributed by atoms with E-state index in [4.69, 9.17) is 0 Å². The first kappa shape index (κ1) is 17.0. The lowest BCUT2D eigenvalue weighted by molar-refractivity contribution is -0.107. The number of aryl methyl sites for hydroxylation is 3. The number of benzene rings is 2. The van der Waals surface area contributed by atoms with Gasteiger partial charge < -0.3 is 9.69 Å². The molecule has 0 bridgehead atoms. The Bertz CT molecular complexity index is 770. The Morgan fingerprint density at radius 3 is 2.38 bits per heavy atom. The molecule has 2 aromatic rings. The Morgan fingerprint density at radius 2 is 1.75 bits per heavy atom.